The third-order valence-electron chi connectivity index (χ3n) is 2.87. The number of rotatable bonds is 1. The molecule has 0 radical (unpaired) electrons. The standard InChI is InChI=1S/C11H13NO/c1-3-7-6(2)8-4-10(12)11(13)5-9(7)8/h3-7,13H,1,12H2,2H3/t6-,7?/m1/s1. The zero-order valence-electron chi connectivity index (χ0n) is 7.62. The summed E-state index contributed by atoms with van der Waals surface area (Å²) in [5.74, 6) is 1.04. The van der Waals surface area contributed by atoms with Gasteiger partial charge in [0, 0.05) is 5.92 Å². The average molecular weight is 175 g/mol. The maximum atomic E-state index is 9.40. The fourth-order valence-electron chi connectivity index (χ4n) is 2.02. The molecule has 0 saturated carbocycles. The van der Waals surface area contributed by atoms with Crippen LogP contribution in [0.4, 0.5) is 5.69 Å². The van der Waals surface area contributed by atoms with Gasteiger partial charge in [-0.2, -0.15) is 0 Å². The molecular formula is C11H13NO. The van der Waals surface area contributed by atoms with Crippen LogP contribution in [0, 0.1) is 0 Å². The third kappa shape index (κ3) is 0.949. The molecule has 2 heteroatoms. The van der Waals surface area contributed by atoms with Crippen LogP contribution in [0.1, 0.15) is 29.9 Å². The van der Waals surface area contributed by atoms with Crippen molar-refractivity contribution in [3.63, 3.8) is 0 Å². The number of hydrogen-bond donors (Lipinski definition) is 2. The van der Waals surface area contributed by atoms with Crippen LogP contribution in [0.15, 0.2) is 24.8 Å². The summed E-state index contributed by atoms with van der Waals surface area (Å²) in [6.45, 7) is 5.92. The molecule has 0 aromatic heterocycles. The summed E-state index contributed by atoms with van der Waals surface area (Å²) in [7, 11) is 0. The summed E-state index contributed by atoms with van der Waals surface area (Å²) in [6, 6.07) is 3.60. The van der Waals surface area contributed by atoms with Crippen LogP contribution in [0.2, 0.25) is 0 Å². The number of allylic oxidation sites excluding steroid dienone is 1. The van der Waals surface area contributed by atoms with Crippen molar-refractivity contribution < 1.29 is 5.11 Å². The zero-order chi connectivity index (χ0) is 9.59. The van der Waals surface area contributed by atoms with Crippen molar-refractivity contribution in [3.05, 3.63) is 35.9 Å². The SMILES string of the molecule is C=CC1c2cc(O)c(N)cc2[C@@H]1C. The molecule has 1 aliphatic carbocycles. The minimum absolute atomic E-state index is 0.178. The van der Waals surface area contributed by atoms with Crippen LogP contribution in [-0.4, -0.2) is 5.11 Å². The second kappa shape index (κ2) is 2.52. The number of nitrogens with two attached hydrogens (primary N) is 1. The molecule has 1 aliphatic rings. The van der Waals surface area contributed by atoms with E-state index in [9.17, 15) is 5.11 Å². The van der Waals surface area contributed by atoms with Gasteiger partial charge in [-0.3, -0.25) is 0 Å². The molecule has 1 unspecified atom stereocenters. The Bertz CT molecular complexity index is 371. The lowest BCUT2D eigenvalue weighted by molar-refractivity contribution is 0.472. The summed E-state index contributed by atoms with van der Waals surface area (Å²) in [5.41, 5.74) is 8.46. The second-order valence-electron chi connectivity index (χ2n) is 3.59. The summed E-state index contributed by atoms with van der Waals surface area (Å²) in [4.78, 5) is 0. The lowest BCUT2D eigenvalue weighted by Crippen LogP contribution is -2.20. The molecule has 0 saturated heterocycles. The molecule has 0 spiro atoms. The Balaban J connectivity index is 2.53. The van der Waals surface area contributed by atoms with Gasteiger partial charge in [0.2, 0.25) is 0 Å². The topological polar surface area (TPSA) is 46.2 Å². The van der Waals surface area contributed by atoms with Crippen molar-refractivity contribution in [3.8, 4) is 5.75 Å². The number of benzene rings is 1. The number of anilines is 1. The Morgan fingerprint density at radius 2 is 2.15 bits per heavy atom. The molecule has 2 atom stereocenters. The van der Waals surface area contributed by atoms with Crippen LogP contribution >= 0.6 is 0 Å². The summed E-state index contributed by atoms with van der Waals surface area (Å²) < 4.78 is 0. The fourth-order valence-corrected chi connectivity index (χ4v) is 2.02. The number of hydrogen-bond acceptors (Lipinski definition) is 2. The number of phenols is 1. The molecular weight excluding hydrogens is 162 g/mol. The highest BCUT2D eigenvalue weighted by atomic mass is 16.3. The Kier molecular flexibility index (Phi) is 1.59. The molecule has 0 bridgehead atoms. The van der Waals surface area contributed by atoms with Crippen LogP contribution in [0.25, 0.3) is 0 Å². The summed E-state index contributed by atoms with van der Waals surface area (Å²) in [6.07, 6.45) is 1.92. The highest BCUT2D eigenvalue weighted by molar-refractivity contribution is 5.62. The monoisotopic (exact) mass is 175 g/mol. The van der Waals surface area contributed by atoms with Gasteiger partial charge in [-0.15, -0.1) is 6.58 Å². The first kappa shape index (κ1) is 8.17. The first-order valence-corrected chi connectivity index (χ1v) is 4.40. The van der Waals surface area contributed by atoms with E-state index in [1.807, 2.05) is 12.1 Å². The number of aromatic hydroxyl groups is 1. The van der Waals surface area contributed by atoms with Gasteiger partial charge in [-0.1, -0.05) is 13.0 Å². The van der Waals surface area contributed by atoms with E-state index in [0.717, 1.165) is 5.56 Å². The summed E-state index contributed by atoms with van der Waals surface area (Å²) in [5, 5.41) is 9.40. The summed E-state index contributed by atoms with van der Waals surface area (Å²) >= 11 is 0. The quantitative estimate of drug-likeness (QED) is 0.391. The van der Waals surface area contributed by atoms with E-state index in [1.54, 1.807) is 6.07 Å². The third-order valence-corrected chi connectivity index (χ3v) is 2.87. The van der Waals surface area contributed by atoms with Crippen LogP contribution in [0.5, 0.6) is 5.75 Å². The van der Waals surface area contributed by atoms with Gasteiger partial charge in [-0.05, 0) is 29.2 Å². The smallest absolute Gasteiger partial charge is 0.138 e. The van der Waals surface area contributed by atoms with E-state index < -0.39 is 0 Å². The molecule has 0 amide bonds. The molecule has 2 rings (SSSR count). The second-order valence-corrected chi connectivity index (χ2v) is 3.59. The predicted octanol–water partition coefficient (Wildman–Crippen LogP) is 2.36. The molecule has 0 fully saturated rings. The maximum Gasteiger partial charge on any atom is 0.138 e. The van der Waals surface area contributed by atoms with Crippen LogP contribution in [-0.2, 0) is 0 Å². The van der Waals surface area contributed by atoms with Gasteiger partial charge in [0.25, 0.3) is 0 Å². The number of nitrogen functional groups attached to an aromatic ring is 1. The number of phenolic OH excluding ortho intramolecular Hbond substituents is 1. The van der Waals surface area contributed by atoms with Gasteiger partial charge >= 0.3 is 0 Å². The first-order chi connectivity index (χ1) is 6.15. The maximum absolute atomic E-state index is 9.40. The molecule has 0 heterocycles. The van der Waals surface area contributed by atoms with Gasteiger partial charge in [0.1, 0.15) is 5.75 Å². The predicted molar refractivity (Wildman–Crippen MR) is 53.9 cm³/mol. The molecule has 68 valence electrons. The highest BCUT2D eigenvalue weighted by Crippen LogP contribution is 2.49. The first-order valence-electron chi connectivity index (χ1n) is 4.40. The largest absolute Gasteiger partial charge is 0.506 e. The Morgan fingerprint density at radius 1 is 1.46 bits per heavy atom. The molecule has 0 aliphatic heterocycles. The lowest BCUT2D eigenvalue weighted by Gasteiger charge is -2.35. The van der Waals surface area contributed by atoms with E-state index >= 15 is 0 Å². The van der Waals surface area contributed by atoms with E-state index in [1.165, 1.54) is 5.56 Å². The van der Waals surface area contributed by atoms with Gasteiger partial charge < -0.3 is 10.8 Å². The van der Waals surface area contributed by atoms with E-state index in [-0.39, 0.29) is 5.75 Å². The van der Waals surface area contributed by atoms with E-state index in [2.05, 4.69) is 13.5 Å². The lowest BCUT2D eigenvalue weighted by atomic mass is 9.69. The fraction of sp³-hybridized carbons (Fsp3) is 0.273. The Hall–Kier alpha value is -1.44. The number of fused-ring (bicyclic) bond motifs is 1. The van der Waals surface area contributed by atoms with Crippen molar-refractivity contribution >= 4 is 5.69 Å². The van der Waals surface area contributed by atoms with Crippen LogP contribution < -0.4 is 5.73 Å². The van der Waals surface area contributed by atoms with Crippen molar-refractivity contribution in [2.45, 2.75) is 18.8 Å². The van der Waals surface area contributed by atoms with Crippen molar-refractivity contribution in [1.29, 1.82) is 0 Å². The molecule has 3 N–H and O–H groups in total. The van der Waals surface area contributed by atoms with Gasteiger partial charge in [0.05, 0.1) is 5.69 Å². The van der Waals surface area contributed by atoms with Gasteiger partial charge in [0.15, 0.2) is 0 Å². The molecule has 1 aromatic carbocycles. The van der Waals surface area contributed by atoms with Gasteiger partial charge in [-0.25, -0.2) is 0 Å². The van der Waals surface area contributed by atoms with Crippen LogP contribution in [0.3, 0.4) is 0 Å². The minimum Gasteiger partial charge on any atom is -0.506 e. The molecule has 1 aromatic rings. The Morgan fingerprint density at radius 3 is 2.77 bits per heavy atom. The Labute approximate surface area is 77.7 Å². The van der Waals surface area contributed by atoms with E-state index in [0.29, 0.717) is 17.5 Å². The zero-order valence-corrected chi connectivity index (χ0v) is 7.62. The molecule has 13 heavy (non-hydrogen) atoms. The molecule has 2 nitrogen and oxygen atoms in total. The van der Waals surface area contributed by atoms with Crippen molar-refractivity contribution in [2.24, 2.45) is 0 Å². The van der Waals surface area contributed by atoms with Crippen molar-refractivity contribution in [1.82, 2.24) is 0 Å². The average Bonchev–Trinajstić information content (AvgIpc) is 2.11. The highest BCUT2D eigenvalue weighted by Gasteiger charge is 2.32. The van der Waals surface area contributed by atoms with Crippen molar-refractivity contribution in [2.75, 3.05) is 5.73 Å². The van der Waals surface area contributed by atoms with E-state index in [4.69, 9.17) is 5.73 Å². The normalized spacial score (nSPS) is 24.7. The minimum atomic E-state index is 0.178.